The Balaban J connectivity index is 1.37. The van der Waals surface area contributed by atoms with Crippen LogP contribution in [0.3, 0.4) is 0 Å². The maximum Gasteiger partial charge on any atom is 0.348 e. The van der Waals surface area contributed by atoms with E-state index in [1.165, 1.54) is 38.5 Å². The Kier molecular flexibility index (Phi) is 7.47. The Hall–Kier alpha value is -4.66. The van der Waals surface area contributed by atoms with Gasteiger partial charge in [-0.3, -0.25) is 20.2 Å². The lowest BCUT2D eigenvalue weighted by Gasteiger charge is -2.21. The minimum absolute atomic E-state index is 0.110. The fourth-order valence-electron chi connectivity index (χ4n) is 4.50. The number of nitrogens with two attached hydrogens (primary N) is 1. The summed E-state index contributed by atoms with van der Waals surface area (Å²) < 4.78 is 10.5. The molecule has 4 rings (SSSR count). The van der Waals surface area contributed by atoms with Crippen LogP contribution in [-0.4, -0.2) is 55.1 Å². The molecule has 2 aliphatic rings. The number of carbonyl (C=O) groups is 2. The number of hydrogen-bond donors (Lipinski definition) is 1. The van der Waals surface area contributed by atoms with Gasteiger partial charge in [0.25, 0.3) is 11.4 Å². The molecule has 2 heterocycles. The molecule has 0 bridgehead atoms. The van der Waals surface area contributed by atoms with Crippen LogP contribution in [0.15, 0.2) is 24.3 Å². The first-order valence-corrected chi connectivity index (χ1v) is 11.6. The van der Waals surface area contributed by atoms with Crippen LogP contribution in [0.4, 0.5) is 22.7 Å². The van der Waals surface area contributed by atoms with E-state index in [1.54, 1.807) is 0 Å². The van der Waals surface area contributed by atoms with Gasteiger partial charge in [-0.05, 0) is 31.4 Å². The number of anilines is 2. The lowest BCUT2D eigenvalue weighted by atomic mass is 10.1. The predicted octanol–water partition coefficient (Wildman–Crippen LogP) is 1.97. The molecule has 38 heavy (non-hydrogen) atoms. The fraction of sp³-hybridized carbons (Fsp3) is 0.391. The molecular formula is C23H25N5O10. The van der Waals surface area contributed by atoms with E-state index in [4.69, 9.17) is 24.9 Å². The third-order valence-electron chi connectivity index (χ3n) is 6.27. The fourth-order valence-corrected chi connectivity index (χ4v) is 4.50. The molecule has 0 radical (unpaired) electrons. The standard InChI is InChI=1S/C23H25N5O10/c1-35-18-6-4-16(27(31)32)21-13(18)9-11-25(21)37-20(29)8-3-15(24)23(30)38-26-12-10-14-19(36-2)7-5-17(22(14)26)28(33)34/h4-7,15H,3,8-12,24H2,1-2H3. The Bertz CT molecular complexity index is 1300. The lowest BCUT2D eigenvalue weighted by Crippen LogP contribution is -2.38. The summed E-state index contributed by atoms with van der Waals surface area (Å²) in [5.41, 5.74) is 6.76. The van der Waals surface area contributed by atoms with E-state index < -0.39 is 27.8 Å². The Morgan fingerprint density at radius 3 is 1.82 bits per heavy atom. The van der Waals surface area contributed by atoms with Gasteiger partial charge >= 0.3 is 11.9 Å². The molecule has 1 unspecified atom stereocenters. The van der Waals surface area contributed by atoms with Gasteiger partial charge in [-0.15, -0.1) is 0 Å². The van der Waals surface area contributed by atoms with Crippen molar-refractivity contribution in [2.45, 2.75) is 31.7 Å². The second-order valence-corrected chi connectivity index (χ2v) is 8.47. The summed E-state index contributed by atoms with van der Waals surface area (Å²) in [7, 11) is 2.87. The highest BCUT2D eigenvalue weighted by Crippen LogP contribution is 2.43. The predicted molar refractivity (Wildman–Crippen MR) is 131 cm³/mol. The first-order valence-electron chi connectivity index (χ1n) is 11.6. The molecule has 2 N–H and O–H groups in total. The number of carbonyl (C=O) groups excluding carboxylic acids is 2. The van der Waals surface area contributed by atoms with E-state index in [1.807, 2.05) is 0 Å². The summed E-state index contributed by atoms with van der Waals surface area (Å²) in [5.74, 6) is -0.785. The molecule has 0 aliphatic carbocycles. The highest BCUT2D eigenvalue weighted by Gasteiger charge is 2.36. The summed E-state index contributed by atoms with van der Waals surface area (Å²) in [6, 6.07) is 4.25. The van der Waals surface area contributed by atoms with Crippen LogP contribution >= 0.6 is 0 Å². The normalized spacial score (nSPS) is 14.4. The smallest absolute Gasteiger partial charge is 0.348 e. The highest BCUT2D eigenvalue weighted by atomic mass is 16.7. The number of benzene rings is 2. The monoisotopic (exact) mass is 531 g/mol. The van der Waals surface area contributed by atoms with Crippen LogP contribution in [-0.2, 0) is 32.1 Å². The quantitative estimate of drug-likeness (QED) is 0.346. The van der Waals surface area contributed by atoms with Crippen molar-refractivity contribution in [1.29, 1.82) is 0 Å². The minimum atomic E-state index is -1.24. The zero-order chi connectivity index (χ0) is 27.6. The van der Waals surface area contributed by atoms with E-state index >= 15 is 0 Å². The molecule has 0 aromatic heterocycles. The number of nitro groups is 2. The average Bonchev–Trinajstić information content (AvgIpc) is 3.51. The number of ether oxygens (including phenoxy) is 2. The molecule has 0 saturated heterocycles. The maximum atomic E-state index is 12.6. The third-order valence-corrected chi connectivity index (χ3v) is 6.27. The van der Waals surface area contributed by atoms with Gasteiger partial charge in [0.15, 0.2) is 11.4 Å². The maximum absolute atomic E-state index is 12.6. The van der Waals surface area contributed by atoms with Crippen molar-refractivity contribution >= 4 is 34.7 Å². The number of nitro benzene ring substituents is 2. The number of methoxy groups -OCH3 is 2. The van der Waals surface area contributed by atoms with E-state index in [0.717, 1.165) is 10.1 Å². The molecule has 15 nitrogen and oxygen atoms in total. The summed E-state index contributed by atoms with van der Waals surface area (Å²) in [4.78, 5) is 57.6. The number of hydrogen-bond acceptors (Lipinski definition) is 13. The number of fused-ring (bicyclic) bond motifs is 2. The molecular weight excluding hydrogens is 506 g/mol. The van der Waals surface area contributed by atoms with Gasteiger partial charge in [0.1, 0.15) is 17.5 Å². The topological polar surface area (TPSA) is 190 Å². The van der Waals surface area contributed by atoms with Crippen molar-refractivity contribution in [2.75, 3.05) is 37.4 Å². The van der Waals surface area contributed by atoms with Crippen LogP contribution in [0.25, 0.3) is 0 Å². The molecule has 1 atom stereocenters. The van der Waals surface area contributed by atoms with E-state index in [0.29, 0.717) is 35.5 Å². The molecule has 202 valence electrons. The van der Waals surface area contributed by atoms with Crippen molar-refractivity contribution in [1.82, 2.24) is 0 Å². The van der Waals surface area contributed by atoms with Crippen LogP contribution < -0.4 is 25.3 Å². The van der Waals surface area contributed by atoms with Crippen LogP contribution in [0.1, 0.15) is 24.0 Å². The first kappa shape index (κ1) is 26.4. The Morgan fingerprint density at radius 2 is 1.37 bits per heavy atom. The largest absolute Gasteiger partial charge is 0.496 e. The van der Waals surface area contributed by atoms with E-state index in [9.17, 15) is 29.8 Å². The van der Waals surface area contributed by atoms with Gasteiger partial charge in [0.2, 0.25) is 0 Å². The van der Waals surface area contributed by atoms with E-state index in [-0.39, 0.29) is 48.7 Å². The first-order chi connectivity index (χ1) is 18.2. The van der Waals surface area contributed by atoms with Crippen molar-refractivity contribution in [3.05, 3.63) is 55.6 Å². The van der Waals surface area contributed by atoms with E-state index in [2.05, 4.69) is 0 Å². The average molecular weight is 531 g/mol. The Morgan fingerprint density at radius 1 is 0.895 bits per heavy atom. The van der Waals surface area contributed by atoms with Crippen LogP contribution in [0, 0.1) is 20.2 Å². The van der Waals surface area contributed by atoms with Crippen LogP contribution in [0.2, 0.25) is 0 Å². The molecule has 0 amide bonds. The summed E-state index contributed by atoms with van der Waals surface area (Å²) in [6.07, 6.45) is 0.278. The van der Waals surface area contributed by atoms with Gasteiger partial charge in [-0.25, -0.2) is 9.59 Å². The molecule has 2 aromatic carbocycles. The van der Waals surface area contributed by atoms with Gasteiger partial charge in [0.05, 0.1) is 43.6 Å². The van der Waals surface area contributed by atoms with Gasteiger partial charge in [0, 0.05) is 23.3 Å². The molecule has 0 saturated carbocycles. The SMILES string of the molecule is COc1ccc([N+](=O)[O-])c2c1CCN2OC(=O)CCC(N)C(=O)ON1CCc2c(OC)ccc([N+](=O)[O-])c21. The lowest BCUT2D eigenvalue weighted by molar-refractivity contribution is -0.384. The highest BCUT2D eigenvalue weighted by molar-refractivity contribution is 5.81. The van der Waals surface area contributed by atoms with Crippen molar-refractivity contribution in [3.63, 3.8) is 0 Å². The second kappa shape index (κ2) is 10.8. The Labute approximate surface area is 215 Å². The summed E-state index contributed by atoms with van der Waals surface area (Å²) >= 11 is 0. The molecule has 2 aliphatic heterocycles. The van der Waals surface area contributed by atoms with Gasteiger partial charge in [-0.2, -0.15) is 10.1 Å². The third kappa shape index (κ3) is 4.95. The van der Waals surface area contributed by atoms with Crippen molar-refractivity contribution < 1.29 is 38.6 Å². The summed E-state index contributed by atoms with van der Waals surface area (Å²) in [6.45, 7) is 0.348. The second-order valence-electron chi connectivity index (χ2n) is 8.47. The van der Waals surface area contributed by atoms with Crippen molar-refractivity contribution in [2.24, 2.45) is 5.73 Å². The molecule has 0 fully saturated rings. The van der Waals surface area contributed by atoms with Crippen LogP contribution in [0.5, 0.6) is 11.5 Å². The summed E-state index contributed by atoms with van der Waals surface area (Å²) in [5, 5.41) is 25.2. The number of hydroxylamine groups is 2. The van der Waals surface area contributed by atoms with Gasteiger partial charge in [-0.1, -0.05) is 0 Å². The molecule has 2 aromatic rings. The minimum Gasteiger partial charge on any atom is -0.496 e. The number of nitrogens with zero attached hydrogens (tertiary/aromatic N) is 4. The molecule has 15 heteroatoms. The number of rotatable bonds is 10. The molecule has 0 spiro atoms. The zero-order valence-corrected chi connectivity index (χ0v) is 20.6. The zero-order valence-electron chi connectivity index (χ0n) is 20.6. The van der Waals surface area contributed by atoms with Gasteiger partial charge < -0.3 is 24.9 Å². The van der Waals surface area contributed by atoms with Crippen molar-refractivity contribution in [3.8, 4) is 11.5 Å².